The van der Waals surface area contributed by atoms with E-state index in [1.165, 1.54) is 6.33 Å². The second-order valence-electron chi connectivity index (χ2n) is 6.32. The molecule has 27 heavy (non-hydrogen) atoms. The Kier molecular flexibility index (Phi) is 5.61. The number of carbonyl (C=O) groups excluding carboxylic acids is 1. The van der Waals surface area contributed by atoms with E-state index < -0.39 is 11.9 Å². The number of aromatic nitrogens is 3. The van der Waals surface area contributed by atoms with Gasteiger partial charge in [-0.2, -0.15) is 5.10 Å². The smallest absolute Gasteiger partial charge is 0.308 e. The van der Waals surface area contributed by atoms with Crippen LogP contribution in [-0.4, -0.2) is 38.3 Å². The minimum absolute atomic E-state index is 0.0624. The highest BCUT2D eigenvalue weighted by Crippen LogP contribution is 2.12. The molecule has 2 aromatic carbocycles. The number of carboxylic acids is 1. The highest BCUT2D eigenvalue weighted by molar-refractivity contribution is 5.94. The van der Waals surface area contributed by atoms with Crippen LogP contribution in [0.25, 0.3) is 5.69 Å². The van der Waals surface area contributed by atoms with Gasteiger partial charge in [0.25, 0.3) is 5.91 Å². The van der Waals surface area contributed by atoms with Gasteiger partial charge in [0.15, 0.2) is 0 Å². The summed E-state index contributed by atoms with van der Waals surface area (Å²) in [6, 6.07) is 14.6. The molecule has 138 valence electrons. The standard InChI is InChI=1S/C20H20N4O3/c1-14-2-4-15(5-3-14)10-17(20(26)27)11-22-19(25)16-6-8-18(9-7-16)24-13-21-12-23-24/h2-9,12-13,17H,10-11H2,1H3,(H,22,25)(H,26,27)/t17-/m0/s1. The van der Waals surface area contributed by atoms with Crippen molar-refractivity contribution in [3.05, 3.63) is 77.9 Å². The van der Waals surface area contributed by atoms with Gasteiger partial charge in [-0.05, 0) is 43.2 Å². The van der Waals surface area contributed by atoms with Crippen molar-refractivity contribution in [2.45, 2.75) is 13.3 Å². The van der Waals surface area contributed by atoms with E-state index in [0.29, 0.717) is 12.0 Å². The van der Waals surface area contributed by atoms with Crippen LogP contribution in [0.4, 0.5) is 0 Å². The fourth-order valence-corrected chi connectivity index (χ4v) is 2.68. The molecule has 0 spiro atoms. The molecule has 7 heteroatoms. The molecule has 0 saturated heterocycles. The number of hydrogen-bond acceptors (Lipinski definition) is 4. The highest BCUT2D eigenvalue weighted by atomic mass is 16.4. The van der Waals surface area contributed by atoms with Gasteiger partial charge in [0, 0.05) is 12.1 Å². The number of benzene rings is 2. The predicted molar refractivity (Wildman–Crippen MR) is 99.7 cm³/mol. The summed E-state index contributed by atoms with van der Waals surface area (Å²) in [6.07, 6.45) is 3.36. The minimum atomic E-state index is -0.933. The van der Waals surface area contributed by atoms with E-state index in [2.05, 4.69) is 15.4 Å². The number of carboxylic acid groups (broad SMARTS) is 1. The Hall–Kier alpha value is -3.48. The molecule has 3 aromatic rings. The number of aliphatic carboxylic acids is 1. The van der Waals surface area contributed by atoms with Gasteiger partial charge in [-0.25, -0.2) is 9.67 Å². The van der Waals surface area contributed by atoms with Crippen LogP contribution in [0.1, 0.15) is 21.5 Å². The van der Waals surface area contributed by atoms with Crippen LogP contribution >= 0.6 is 0 Å². The zero-order valence-corrected chi connectivity index (χ0v) is 14.9. The van der Waals surface area contributed by atoms with Crippen LogP contribution in [0, 0.1) is 12.8 Å². The average Bonchev–Trinajstić information content (AvgIpc) is 3.21. The van der Waals surface area contributed by atoms with Gasteiger partial charge < -0.3 is 10.4 Å². The van der Waals surface area contributed by atoms with Crippen molar-refractivity contribution >= 4 is 11.9 Å². The fraction of sp³-hybridized carbons (Fsp3) is 0.200. The normalized spacial score (nSPS) is 11.7. The summed E-state index contributed by atoms with van der Waals surface area (Å²) < 4.78 is 1.59. The number of hydrogen-bond donors (Lipinski definition) is 2. The largest absolute Gasteiger partial charge is 0.481 e. The average molecular weight is 364 g/mol. The summed E-state index contributed by atoms with van der Waals surface area (Å²) in [5, 5.41) is 16.2. The zero-order valence-electron chi connectivity index (χ0n) is 14.9. The van der Waals surface area contributed by atoms with Crippen molar-refractivity contribution in [3.63, 3.8) is 0 Å². The molecule has 2 N–H and O–H groups in total. The number of rotatable bonds is 7. The Morgan fingerprint density at radius 2 is 1.81 bits per heavy atom. The first-order valence-corrected chi connectivity index (χ1v) is 8.54. The van der Waals surface area contributed by atoms with E-state index in [-0.39, 0.29) is 12.5 Å². The molecule has 0 saturated carbocycles. The molecule has 1 amide bonds. The van der Waals surface area contributed by atoms with Crippen molar-refractivity contribution in [1.82, 2.24) is 20.1 Å². The number of carbonyl (C=O) groups is 2. The molecule has 0 aliphatic carbocycles. The fourth-order valence-electron chi connectivity index (χ4n) is 2.68. The second kappa shape index (κ2) is 8.27. The highest BCUT2D eigenvalue weighted by Gasteiger charge is 2.19. The predicted octanol–water partition coefficient (Wildman–Crippen LogP) is 2.25. The zero-order chi connectivity index (χ0) is 19.2. The number of amides is 1. The lowest BCUT2D eigenvalue weighted by atomic mass is 9.98. The summed E-state index contributed by atoms with van der Waals surface area (Å²) in [6.45, 7) is 2.04. The summed E-state index contributed by atoms with van der Waals surface area (Å²) in [4.78, 5) is 27.7. The van der Waals surface area contributed by atoms with Crippen molar-refractivity contribution in [2.24, 2.45) is 5.92 Å². The molecule has 0 fully saturated rings. The molecular weight excluding hydrogens is 344 g/mol. The van der Waals surface area contributed by atoms with Gasteiger partial charge >= 0.3 is 5.97 Å². The van der Waals surface area contributed by atoms with E-state index in [4.69, 9.17) is 0 Å². The molecule has 0 bridgehead atoms. The second-order valence-corrected chi connectivity index (χ2v) is 6.32. The van der Waals surface area contributed by atoms with Crippen molar-refractivity contribution < 1.29 is 14.7 Å². The lowest BCUT2D eigenvalue weighted by Crippen LogP contribution is -2.34. The molecule has 7 nitrogen and oxygen atoms in total. The third kappa shape index (κ3) is 4.78. The number of nitrogens with zero attached hydrogens (tertiary/aromatic N) is 3. The molecule has 0 aliphatic heterocycles. The molecule has 3 rings (SSSR count). The van der Waals surface area contributed by atoms with E-state index >= 15 is 0 Å². The first-order valence-electron chi connectivity index (χ1n) is 8.54. The van der Waals surface area contributed by atoms with Gasteiger partial charge in [-0.15, -0.1) is 0 Å². The summed E-state index contributed by atoms with van der Waals surface area (Å²) in [5.41, 5.74) is 3.29. The summed E-state index contributed by atoms with van der Waals surface area (Å²) in [7, 11) is 0. The maximum Gasteiger partial charge on any atom is 0.308 e. The van der Waals surface area contributed by atoms with Gasteiger partial charge in [0.05, 0.1) is 11.6 Å². The van der Waals surface area contributed by atoms with Crippen molar-refractivity contribution in [1.29, 1.82) is 0 Å². The van der Waals surface area contributed by atoms with Crippen molar-refractivity contribution in [2.75, 3.05) is 6.54 Å². The quantitative estimate of drug-likeness (QED) is 0.670. The third-order valence-electron chi connectivity index (χ3n) is 4.27. The minimum Gasteiger partial charge on any atom is -0.481 e. The van der Waals surface area contributed by atoms with Gasteiger partial charge in [0.2, 0.25) is 0 Å². The molecule has 0 unspecified atom stereocenters. The first kappa shape index (κ1) is 18.3. The molecule has 0 radical (unpaired) electrons. The summed E-state index contributed by atoms with van der Waals surface area (Å²) >= 11 is 0. The SMILES string of the molecule is Cc1ccc(C[C@@H](CNC(=O)c2ccc(-n3cncn3)cc2)C(=O)O)cc1. The van der Waals surface area contributed by atoms with Crippen LogP contribution in [0.2, 0.25) is 0 Å². The van der Waals surface area contributed by atoms with E-state index in [1.807, 2.05) is 31.2 Å². The Labute approximate surface area is 156 Å². The Balaban J connectivity index is 1.60. The van der Waals surface area contributed by atoms with E-state index in [9.17, 15) is 14.7 Å². The molecular formula is C20H20N4O3. The Bertz CT molecular complexity index is 903. The maximum absolute atomic E-state index is 12.3. The van der Waals surface area contributed by atoms with Crippen molar-refractivity contribution in [3.8, 4) is 5.69 Å². The molecule has 1 aromatic heterocycles. The van der Waals surface area contributed by atoms with Crippen LogP contribution in [0.3, 0.4) is 0 Å². The number of nitrogens with one attached hydrogen (secondary N) is 1. The third-order valence-corrected chi connectivity index (χ3v) is 4.27. The van der Waals surface area contributed by atoms with E-state index in [0.717, 1.165) is 16.8 Å². The van der Waals surface area contributed by atoms with Crippen LogP contribution in [-0.2, 0) is 11.2 Å². The lowest BCUT2D eigenvalue weighted by molar-refractivity contribution is -0.141. The van der Waals surface area contributed by atoms with E-state index in [1.54, 1.807) is 35.3 Å². The molecule has 1 heterocycles. The van der Waals surface area contributed by atoms with Gasteiger partial charge in [-0.1, -0.05) is 29.8 Å². The van der Waals surface area contributed by atoms with Crippen LogP contribution < -0.4 is 5.32 Å². The maximum atomic E-state index is 12.3. The van der Waals surface area contributed by atoms with Crippen LogP contribution in [0.5, 0.6) is 0 Å². The molecule has 0 aliphatic rings. The first-order chi connectivity index (χ1) is 13.0. The van der Waals surface area contributed by atoms with Gasteiger partial charge in [0.1, 0.15) is 12.7 Å². The topological polar surface area (TPSA) is 97.1 Å². The summed E-state index contributed by atoms with van der Waals surface area (Å²) in [5.74, 6) is -1.93. The monoisotopic (exact) mass is 364 g/mol. The number of aryl methyl sites for hydroxylation is 1. The Morgan fingerprint density at radius 3 is 2.41 bits per heavy atom. The molecule has 1 atom stereocenters. The lowest BCUT2D eigenvalue weighted by Gasteiger charge is -2.14. The van der Waals surface area contributed by atoms with Gasteiger partial charge in [-0.3, -0.25) is 9.59 Å². The Morgan fingerprint density at radius 1 is 1.11 bits per heavy atom. The van der Waals surface area contributed by atoms with Crippen LogP contribution in [0.15, 0.2) is 61.2 Å².